The molecular formula is C17H10F3NO3. The van der Waals surface area contributed by atoms with Crippen LogP contribution in [0.2, 0.25) is 0 Å². The van der Waals surface area contributed by atoms with Gasteiger partial charge in [0.2, 0.25) is 0 Å². The van der Waals surface area contributed by atoms with E-state index in [1.807, 2.05) is 0 Å². The maximum Gasteiger partial charge on any atom is 0.416 e. The Morgan fingerprint density at radius 2 is 1.38 bits per heavy atom. The first kappa shape index (κ1) is 15.9. The number of imide groups is 1. The summed E-state index contributed by atoms with van der Waals surface area (Å²) in [5.74, 6) is -1.79. The fourth-order valence-electron chi connectivity index (χ4n) is 2.46. The fourth-order valence-corrected chi connectivity index (χ4v) is 2.46. The molecule has 4 nitrogen and oxygen atoms in total. The summed E-state index contributed by atoms with van der Waals surface area (Å²) in [5, 5.41) is 0. The second-order valence-corrected chi connectivity index (χ2v) is 5.24. The van der Waals surface area contributed by atoms with Crippen LogP contribution >= 0.6 is 0 Å². The summed E-state index contributed by atoms with van der Waals surface area (Å²) < 4.78 is 37.6. The van der Waals surface area contributed by atoms with Gasteiger partial charge < -0.3 is 0 Å². The maximum absolute atomic E-state index is 12.5. The highest BCUT2D eigenvalue weighted by atomic mass is 19.4. The monoisotopic (exact) mass is 333 g/mol. The van der Waals surface area contributed by atoms with Gasteiger partial charge in [0.1, 0.15) is 0 Å². The summed E-state index contributed by atoms with van der Waals surface area (Å²) in [6.45, 7) is -0.516. The van der Waals surface area contributed by atoms with E-state index in [2.05, 4.69) is 0 Å². The SMILES string of the molecule is O=C(CN1C(=O)c2ccccc2C1=O)c1ccc(C(F)(F)F)cc1. The van der Waals surface area contributed by atoms with E-state index >= 15 is 0 Å². The molecule has 0 spiro atoms. The number of hydrogen-bond donors (Lipinski definition) is 0. The molecule has 1 aliphatic heterocycles. The lowest BCUT2D eigenvalue weighted by molar-refractivity contribution is -0.137. The molecule has 0 atom stereocenters. The van der Waals surface area contributed by atoms with Crippen molar-refractivity contribution in [1.29, 1.82) is 0 Å². The van der Waals surface area contributed by atoms with Gasteiger partial charge in [0, 0.05) is 5.56 Å². The summed E-state index contributed by atoms with van der Waals surface area (Å²) in [4.78, 5) is 37.3. The number of ketones is 1. The molecule has 0 fully saturated rings. The number of rotatable bonds is 3. The van der Waals surface area contributed by atoms with Gasteiger partial charge in [0.15, 0.2) is 5.78 Å². The third kappa shape index (κ3) is 2.68. The Kier molecular flexibility index (Phi) is 3.71. The zero-order valence-electron chi connectivity index (χ0n) is 12.1. The fraction of sp³-hybridized carbons (Fsp3) is 0.118. The van der Waals surface area contributed by atoms with Gasteiger partial charge in [0.05, 0.1) is 23.2 Å². The molecule has 2 aromatic rings. The van der Waals surface area contributed by atoms with Gasteiger partial charge in [-0.25, -0.2) is 0 Å². The quantitative estimate of drug-likeness (QED) is 0.640. The Morgan fingerprint density at radius 1 is 0.875 bits per heavy atom. The number of Topliss-reactive ketones (excluding diaryl/α,β-unsaturated/α-hetero) is 1. The molecule has 1 heterocycles. The molecule has 0 aliphatic carbocycles. The average molecular weight is 333 g/mol. The Bertz CT molecular complexity index is 806. The Morgan fingerprint density at radius 3 is 1.83 bits per heavy atom. The predicted octanol–water partition coefficient (Wildman–Crippen LogP) is 3.18. The van der Waals surface area contributed by atoms with Gasteiger partial charge in [-0.3, -0.25) is 19.3 Å². The van der Waals surface area contributed by atoms with E-state index in [1.165, 1.54) is 12.1 Å². The molecule has 1 aliphatic rings. The largest absolute Gasteiger partial charge is 0.416 e. The normalized spacial score (nSPS) is 14.0. The van der Waals surface area contributed by atoms with Crippen LogP contribution in [-0.2, 0) is 6.18 Å². The van der Waals surface area contributed by atoms with Gasteiger partial charge >= 0.3 is 6.18 Å². The zero-order chi connectivity index (χ0) is 17.5. The first-order valence-electron chi connectivity index (χ1n) is 6.95. The maximum atomic E-state index is 12.5. The van der Waals surface area contributed by atoms with Crippen LogP contribution in [0.25, 0.3) is 0 Å². The van der Waals surface area contributed by atoms with E-state index in [0.29, 0.717) is 0 Å². The minimum atomic E-state index is -4.50. The first-order valence-corrected chi connectivity index (χ1v) is 6.95. The Labute approximate surface area is 134 Å². The van der Waals surface area contributed by atoms with Crippen LogP contribution in [0.4, 0.5) is 13.2 Å². The molecule has 122 valence electrons. The molecule has 2 amide bonds. The van der Waals surface area contributed by atoms with Crippen LogP contribution in [0.15, 0.2) is 48.5 Å². The van der Waals surface area contributed by atoms with E-state index in [1.54, 1.807) is 12.1 Å². The number of carbonyl (C=O) groups is 3. The van der Waals surface area contributed by atoms with Crippen molar-refractivity contribution in [2.24, 2.45) is 0 Å². The number of fused-ring (bicyclic) bond motifs is 1. The van der Waals surface area contributed by atoms with Crippen LogP contribution < -0.4 is 0 Å². The summed E-state index contributed by atoms with van der Waals surface area (Å²) in [7, 11) is 0. The molecule has 0 radical (unpaired) electrons. The van der Waals surface area contributed by atoms with Gasteiger partial charge in [0.25, 0.3) is 11.8 Å². The molecular weight excluding hydrogens is 323 g/mol. The van der Waals surface area contributed by atoms with Crippen LogP contribution in [0.1, 0.15) is 36.6 Å². The van der Waals surface area contributed by atoms with Gasteiger partial charge in [-0.2, -0.15) is 13.2 Å². The third-order valence-electron chi connectivity index (χ3n) is 3.71. The number of hydrogen-bond acceptors (Lipinski definition) is 3. The van der Waals surface area contributed by atoms with Gasteiger partial charge in [-0.15, -0.1) is 0 Å². The van der Waals surface area contributed by atoms with E-state index in [-0.39, 0.29) is 16.7 Å². The molecule has 2 aromatic carbocycles. The van der Waals surface area contributed by atoms with Crippen molar-refractivity contribution in [1.82, 2.24) is 4.90 Å². The van der Waals surface area contributed by atoms with Crippen molar-refractivity contribution >= 4 is 17.6 Å². The van der Waals surface area contributed by atoms with Gasteiger partial charge in [-0.05, 0) is 24.3 Å². The second kappa shape index (κ2) is 5.59. The molecule has 0 N–H and O–H groups in total. The summed E-state index contributed by atoms with van der Waals surface area (Å²) in [5.41, 5.74) is -0.454. The number of nitrogens with zero attached hydrogens (tertiary/aromatic N) is 1. The Balaban J connectivity index is 1.79. The van der Waals surface area contributed by atoms with Crippen molar-refractivity contribution < 1.29 is 27.6 Å². The highest BCUT2D eigenvalue weighted by Crippen LogP contribution is 2.29. The summed E-state index contributed by atoms with van der Waals surface area (Å²) in [6.07, 6.45) is -4.50. The number of benzene rings is 2. The molecule has 0 aromatic heterocycles. The lowest BCUT2D eigenvalue weighted by Crippen LogP contribution is -2.34. The smallest absolute Gasteiger partial charge is 0.292 e. The van der Waals surface area contributed by atoms with Crippen LogP contribution in [-0.4, -0.2) is 29.0 Å². The van der Waals surface area contributed by atoms with Crippen LogP contribution in [0.5, 0.6) is 0 Å². The van der Waals surface area contributed by atoms with E-state index in [4.69, 9.17) is 0 Å². The van der Waals surface area contributed by atoms with Crippen molar-refractivity contribution in [3.63, 3.8) is 0 Å². The number of amides is 2. The molecule has 0 saturated carbocycles. The number of alkyl halides is 3. The minimum absolute atomic E-state index is 0.000411. The summed E-state index contributed by atoms with van der Waals surface area (Å²) in [6, 6.07) is 9.81. The lowest BCUT2D eigenvalue weighted by Gasteiger charge is -2.13. The minimum Gasteiger partial charge on any atom is -0.292 e. The first-order chi connectivity index (χ1) is 11.3. The van der Waals surface area contributed by atoms with E-state index < -0.39 is 35.9 Å². The molecule has 0 unspecified atom stereocenters. The second-order valence-electron chi connectivity index (χ2n) is 5.24. The highest BCUT2D eigenvalue weighted by molar-refractivity contribution is 6.23. The molecule has 24 heavy (non-hydrogen) atoms. The molecule has 0 bridgehead atoms. The summed E-state index contributed by atoms with van der Waals surface area (Å²) >= 11 is 0. The van der Waals surface area contributed by atoms with E-state index in [9.17, 15) is 27.6 Å². The number of carbonyl (C=O) groups excluding carboxylic acids is 3. The third-order valence-corrected chi connectivity index (χ3v) is 3.71. The van der Waals surface area contributed by atoms with Crippen molar-refractivity contribution in [3.05, 3.63) is 70.8 Å². The molecule has 0 saturated heterocycles. The molecule has 3 rings (SSSR count). The number of halogens is 3. The van der Waals surface area contributed by atoms with Gasteiger partial charge in [-0.1, -0.05) is 24.3 Å². The highest BCUT2D eigenvalue weighted by Gasteiger charge is 2.36. The average Bonchev–Trinajstić information content (AvgIpc) is 2.79. The Hall–Kier alpha value is -2.96. The zero-order valence-corrected chi connectivity index (χ0v) is 12.1. The van der Waals surface area contributed by atoms with Crippen molar-refractivity contribution in [2.75, 3.05) is 6.54 Å². The standard InChI is InChI=1S/C17H10F3NO3/c18-17(19,20)11-7-5-10(6-8-11)14(22)9-21-15(23)12-3-1-2-4-13(12)16(21)24/h1-8H,9H2. The van der Waals surface area contributed by atoms with Crippen molar-refractivity contribution in [3.8, 4) is 0 Å². The van der Waals surface area contributed by atoms with Crippen LogP contribution in [0.3, 0.4) is 0 Å². The molecule has 7 heteroatoms. The lowest BCUT2D eigenvalue weighted by atomic mass is 10.1. The topological polar surface area (TPSA) is 54.5 Å². The van der Waals surface area contributed by atoms with Crippen molar-refractivity contribution in [2.45, 2.75) is 6.18 Å². The predicted molar refractivity (Wildman–Crippen MR) is 77.6 cm³/mol. The van der Waals surface area contributed by atoms with Crippen LogP contribution in [0, 0.1) is 0 Å². The van der Waals surface area contributed by atoms with E-state index in [0.717, 1.165) is 29.2 Å².